The van der Waals surface area contributed by atoms with E-state index < -0.39 is 0 Å². The number of nitrogens with zero attached hydrogens (tertiary/aromatic N) is 1. The van der Waals surface area contributed by atoms with Crippen molar-refractivity contribution in [3.8, 4) is 11.5 Å². The summed E-state index contributed by atoms with van der Waals surface area (Å²) in [6, 6.07) is 10.3. The lowest BCUT2D eigenvalue weighted by molar-refractivity contribution is -0.001000. The van der Waals surface area contributed by atoms with Gasteiger partial charge in [-0.15, -0.1) is 11.3 Å². The molecule has 0 aliphatic carbocycles. The van der Waals surface area contributed by atoms with Gasteiger partial charge in [-0.25, -0.2) is 0 Å². The van der Waals surface area contributed by atoms with Crippen molar-refractivity contribution in [1.82, 2.24) is 10.2 Å². The molecule has 3 rings (SSSR count). The summed E-state index contributed by atoms with van der Waals surface area (Å²) < 4.78 is 16.8. The van der Waals surface area contributed by atoms with Gasteiger partial charge in [-0.3, -0.25) is 4.90 Å². The molecule has 1 aliphatic rings. The first-order chi connectivity index (χ1) is 12.8. The molecular formula is C20H28Cl2N2O3S-2. The molecule has 1 aromatic carbocycles. The summed E-state index contributed by atoms with van der Waals surface area (Å²) in [4.78, 5) is 3.67. The number of halogens is 2. The van der Waals surface area contributed by atoms with Crippen LogP contribution in [0, 0.1) is 0 Å². The minimum absolute atomic E-state index is 0. The lowest BCUT2D eigenvalue weighted by Gasteiger charge is -2.26. The summed E-state index contributed by atoms with van der Waals surface area (Å²) in [7, 11) is 1.69. The first-order valence-corrected chi connectivity index (χ1v) is 10.1. The number of nitrogens with one attached hydrogen (secondary N) is 1. The Morgan fingerprint density at radius 2 is 1.96 bits per heavy atom. The second-order valence-corrected chi connectivity index (χ2v) is 7.37. The molecule has 0 saturated carbocycles. The maximum atomic E-state index is 5.89. The fraction of sp³-hybridized carbons (Fsp3) is 0.500. The van der Waals surface area contributed by atoms with Gasteiger partial charge >= 0.3 is 0 Å². The molecule has 0 radical (unpaired) electrons. The van der Waals surface area contributed by atoms with E-state index in [-0.39, 0.29) is 24.8 Å². The van der Waals surface area contributed by atoms with Gasteiger partial charge < -0.3 is 44.3 Å². The van der Waals surface area contributed by atoms with Gasteiger partial charge in [0.05, 0.1) is 20.3 Å². The minimum Gasteiger partial charge on any atom is -1.00 e. The molecule has 0 bridgehead atoms. The third kappa shape index (κ3) is 8.15. The molecule has 1 fully saturated rings. The molecule has 0 amide bonds. The van der Waals surface area contributed by atoms with E-state index in [4.69, 9.17) is 14.2 Å². The molecule has 1 saturated heterocycles. The number of morpholine rings is 1. The number of methoxy groups -OCH3 is 1. The van der Waals surface area contributed by atoms with Crippen LogP contribution in [0.25, 0.3) is 0 Å². The monoisotopic (exact) mass is 446 g/mol. The number of ether oxygens (including phenoxy) is 3. The predicted molar refractivity (Wildman–Crippen MR) is 105 cm³/mol. The lowest BCUT2D eigenvalue weighted by Crippen LogP contribution is -3.00. The third-order valence-corrected chi connectivity index (χ3v) is 5.29. The van der Waals surface area contributed by atoms with E-state index in [0.29, 0.717) is 6.61 Å². The van der Waals surface area contributed by atoms with E-state index >= 15 is 0 Å². The van der Waals surface area contributed by atoms with Crippen molar-refractivity contribution in [2.75, 3.05) is 46.5 Å². The highest BCUT2D eigenvalue weighted by Gasteiger charge is 2.09. The zero-order valence-electron chi connectivity index (χ0n) is 16.2. The highest BCUT2D eigenvalue weighted by atomic mass is 35.5. The molecule has 0 unspecified atom stereocenters. The highest BCUT2D eigenvalue weighted by molar-refractivity contribution is 7.09. The van der Waals surface area contributed by atoms with Crippen molar-refractivity contribution in [3.05, 3.63) is 46.2 Å². The third-order valence-electron chi connectivity index (χ3n) is 4.44. The maximum absolute atomic E-state index is 5.89. The van der Waals surface area contributed by atoms with Crippen LogP contribution in [0.4, 0.5) is 0 Å². The van der Waals surface area contributed by atoms with E-state index in [9.17, 15) is 0 Å². The predicted octanol–water partition coefficient (Wildman–Crippen LogP) is -2.84. The topological polar surface area (TPSA) is 43.0 Å². The summed E-state index contributed by atoms with van der Waals surface area (Å²) in [6.45, 7) is 7.42. The molecule has 8 heteroatoms. The summed E-state index contributed by atoms with van der Waals surface area (Å²) in [6.07, 6.45) is 1.15. The summed E-state index contributed by atoms with van der Waals surface area (Å²) in [5, 5.41) is 5.57. The zero-order valence-corrected chi connectivity index (χ0v) is 18.5. The van der Waals surface area contributed by atoms with Crippen molar-refractivity contribution in [2.45, 2.75) is 19.6 Å². The number of benzene rings is 1. The van der Waals surface area contributed by atoms with E-state index in [1.807, 2.05) is 12.1 Å². The molecule has 0 atom stereocenters. The van der Waals surface area contributed by atoms with Gasteiger partial charge in [0.1, 0.15) is 6.61 Å². The van der Waals surface area contributed by atoms with Crippen molar-refractivity contribution in [2.24, 2.45) is 0 Å². The van der Waals surface area contributed by atoms with E-state index in [0.717, 1.165) is 63.9 Å². The van der Waals surface area contributed by atoms with Crippen LogP contribution in [-0.2, 0) is 17.9 Å². The van der Waals surface area contributed by atoms with E-state index in [1.165, 1.54) is 10.4 Å². The van der Waals surface area contributed by atoms with Crippen molar-refractivity contribution < 1.29 is 39.0 Å². The largest absolute Gasteiger partial charge is 1.00 e. The molecule has 5 nitrogen and oxygen atoms in total. The standard InChI is InChI=1S/C20H28N2O3S.2ClH/c1-23-20-14-17(5-6-19(20)25-16-18-4-2-13-26-18)15-21-7-3-8-22-9-11-24-12-10-22;;/h2,4-6,13-14,21H,3,7-12,15-16H2,1H3;2*1H/p-2. The summed E-state index contributed by atoms with van der Waals surface area (Å²) >= 11 is 1.70. The SMILES string of the molecule is COc1cc(CNCCCN2CCOCC2)ccc1OCc1cccs1.[Cl-].[Cl-]. The van der Waals surface area contributed by atoms with Crippen LogP contribution in [0.5, 0.6) is 11.5 Å². The molecule has 28 heavy (non-hydrogen) atoms. The first-order valence-electron chi connectivity index (χ1n) is 9.18. The molecule has 1 N–H and O–H groups in total. The smallest absolute Gasteiger partial charge is 0.161 e. The Hall–Kier alpha value is -1.02. The Morgan fingerprint density at radius 1 is 1.14 bits per heavy atom. The van der Waals surface area contributed by atoms with Crippen LogP contribution >= 0.6 is 11.3 Å². The van der Waals surface area contributed by atoms with E-state index in [1.54, 1.807) is 18.4 Å². The minimum atomic E-state index is 0. The molecule has 158 valence electrons. The molecule has 0 spiro atoms. The van der Waals surface area contributed by atoms with E-state index in [2.05, 4.69) is 33.8 Å². The maximum Gasteiger partial charge on any atom is 0.161 e. The Balaban J connectivity index is 0.00000196. The number of hydrogen-bond acceptors (Lipinski definition) is 6. The lowest BCUT2D eigenvalue weighted by atomic mass is 10.2. The molecule has 1 aromatic heterocycles. The highest BCUT2D eigenvalue weighted by Crippen LogP contribution is 2.29. The average molecular weight is 447 g/mol. The Labute approximate surface area is 184 Å². The Bertz CT molecular complexity index is 653. The molecule has 2 heterocycles. The van der Waals surface area contributed by atoms with Gasteiger partial charge in [0.15, 0.2) is 11.5 Å². The Morgan fingerprint density at radius 3 is 2.68 bits per heavy atom. The number of hydrogen-bond donors (Lipinski definition) is 1. The quantitative estimate of drug-likeness (QED) is 0.398. The Kier molecular flexibility index (Phi) is 12.5. The van der Waals surface area contributed by atoms with Crippen molar-refractivity contribution in [3.63, 3.8) is 0 Å². The van der Waals surface area contributed by atoms with Gasteiger partial charge in [-0.2, -0.15) is 0 Å². The average Bonchev–Trinajstić information content (AvgIpc) is 3.21. The first kappa shape index (κ1) is 25.0. The van der Waals surface area contributed by atoms with Crippen LogP contribution in [0.1, 0.15) is 16.9 Å². The second kappa shape index (κ2) is 14.0. The van der Waals surface area contributed by atoms with Gasteiger partial charge in [0.25, 0.3) is 0 Å². The normalized spacial score (nSPS) is 14.0. The van der Waals surface area contributed by atoms with Crippen LogP contribution in [0.15, 0.2) is 35.7 Å². The molecular weight excluding hydrogens is 419 g/mol. The molecule has 1 aliphatic heterocycles. The van der Waals surface area contributed by atoms with Gasteiger partial charge in [0, 0.05) is 24.5 Å². The van der Waals surface area contributed by atoms with Crippen molar-refractivity contribution >= 4 is 11.3 Å². The molecule has 2 aromatic rings. The fourth-order valence-corrected chi connectivity index (χ4v) is 3.59. The number of thiophene rings is 1. The van der Waals surface area contributed by atoms with Crippen LogP contribution in [0.3, 0.4) is 0 Å². The van der Waals surface area contributed by atoms with Gasteiger partial charge in [-0.05, 0) is 48.7 Å². The van der Waals surface area contributed by atoms with Crippen LogP contribution < -0.4 is 39.6 Å². The number of rotatable bonds is 10. The van der Waals surface area contributed by atoms with Crippen molar-refractivity contribution in [1.29, 1.82) is 0 Å². The summed E-state index contributed by atoms with van der Waals surface area (Å²) in [5.74, 6) is 1.58. The second-order valence-electron chi connectivity index (χ2n) is 6.34. The van der Waals surface area contributed by atoms with Crippen LogP contribution in [0.2, 0.25) is 0 Å². The zero-order chi connectivity index (χ0) is 18.0. The summed E-state index contributed by atoms with van der Waals surface area (Å²) in [5.41, 5.74) is 1.21. The van der Waals surface area contributed by atoms with Gasteiger partial charge in [-0.1, -0.05) is 12.1 Å². The fourth-order valence-electron chi connectivity index (χ4n) is 2.97. The van der Waals surface area contributed by atoms with Gasteiger partial charge in [0.2, 0.25) is 0 Å². The van der Waals surface area contributed by atoms with Crippen LogP contribution in [-0.4, -0.2) is 51.4 Å².